The molecule has 1 heterocycles. The molecule has 0 saturated heterocycles. The summed E-state index contributed by atoms with van der Waals surface area (Å²) in [6.45, 7) is 3.41. The number of anilines is 2. The summed E-state index contributed by atoms with van der Waals surface area (Å²) in [6.07, 6.45) is -0.409. The molecule has 2 N–H and O–H groups in total. The van der Waals surface area contributed by atoms with E-state index in [4.69, 9.17) is 0 Å². The normalized spacial score (nSPS) is 16.2. The van der Waals surface area contributed by atoms with Gasteiger partial charge in [0.25, 0.3) is 0 Å². The van der Waals surface area contributed by atoms with Crippen molar-refractivity contribution in [1.82, 2.24) is 4.98 Å². The Labute approximate surface area is 142 Å². The fraction of sp³-hybridized carbons (Fsp3) is 0.222. The monoisotopic (exact) mass is 347 g/mol. The molecule has 25 heavy (non-hydrogen) atoms. The molecular formula is C18H16F3N3O. The van der Waals surface area contributed by atoms with Gasteiger partial charge < -0.3 is 10.6 Å². The van der Waals surface area contributed by atoms with Crippen LogP contribution >= 0.6 is 0 Å². The molecule has 0 fully saturated rings. The zero-order valence-electron chi connectivity index (χ0n) is 13.2. The number of nitrogens with zero attached hydrogens (tertiary/aromatic N) is 1. The van der Waals surface area contributed by atoms with Crippen molar-refractivity contribution in [3.63, 3.8) is 0 Å². The van der Waals surface area contributed by atoms with Gasteiger partial charge in [-0.05, 0) is 54.3 Å². The van der Waals surface area contributed by atoms with Crippen molar-refractivity contribution in [3.8, 4) is 0 Å². The van der Waals surface area contributed by atoms with Crippen molar-refractivity contribution in [2.45, 2.75) is 25.1 Å². The maximum atomic E-state index is 12.6. The zero-order valence-corrected chi connectivity index (χ0v) is 13.2. The SMILES string of the molecule is C=CC(=O)Nc1ccc2c(c1)CCC2Nc1ccc(C(F)(F)F)nc1. The van der Waals surface area contributed by atoms with Crippen LogP contribution in [0.3, 0.4) is 0 Å². The van der Waals surface area contributed by atoms with Gasteiger partial charge in [0.1, 0.15) is 5.69 Å². The average Bonchev–Trinajstić information content (AvgIpc) is 2.96. The van der Waals surface area contributed by atoms with Crippen LogP contribution in [0.15, 0.2) is 49.2 Å². The van der Waals surface area contributed by atoms with E-state index in [1.807, 2.05) is 12.1 Å². The Morgan fingerprint density at radius 2 is 2.00 bits per heavy atom. The predicted octanol–water partition coefficient (Wildman–Crippen LogP) is 4.32. The average molecular weight is 347 g/mol. The highest BCUT2D eigenvalue weighted by atomic mass is 19.4. The Hall–Kier alpha value is -2.83. The molecule has 1 aromatic heterocycles. The number of nitrogens with one attached hydrogen (secondary N) is 2. The zero-order chi connectivity index (χ0) is 18.0. The van der Waals surface area contributed by atoms with Gasteiger partial charge in [-0.3, -0.25) is 4.79 Å². The maximum Gasteiger partial charge on any atom is 0.433 e. The van der Waals surface area contributed by atoms with E-state index in [-0.39, 0.29) is 11.9 Å². The minimum absolute atomic E-state index is 0.00214. The predicted molar refractivity (Wildman–Crippen MR) is 89.2 cm³/mol. The Morgan fingerprint density at radius 1 is 1.24 bits per heavy atom. The summed E-state index contributed by atoms with van der Waals surface area (Å²) < 4.78 is 37.7. The molecule has 3 rings (SSSR count). The summed E-state index contributed by atoms with van der Waals surface area (Å²) in [5, 5.41) is 5.93. The summed E-state index contributed by atoms with van der Waals surface area (Å²) in [5.41, 5.74) is 2.48. The number of benzene rings is 1. The number of hydrogen-bond acceptors (Lipinski definition) is 3. The number of carbonyl (C=O) groups is 1. The molecule has 0 spiro atoms. The maximum absolute atomic E-state index is 12.6. The van der Waals surface area contributed by atoms with Crippen LogP contribution in [0.1, 0.15) is 29.3 Å². The summed E-state index contributed by atoms with van der Waals surface area (Å²) in [5.74, 6) is -0.275. The van der Waals surface area contributed by atoms with E-state index in [1.54, 1.807) is 6.07 Å². The first-order valence-electron chi connectivity index (χ1n) is 7.73. The highest BCUT2D eigenvalue weighted by Gasteiger charge is 2.32. The van der Waals surface area contributed by atoms with Gasteiger partial charge in [0, 0.05) is 5.69 Å². The van der Waals surface area contributed by atoms with E-state index >= 15 is 0 Å². The van der Waals surface area contributed by atoms with Crippen molar-refractivity contribution >= 4 is 17.3 Å². The number of hydrogen-bond donors (Lipinski definition) is 2. The largest absolute Gasteiger partial charge is 0.433 e. The van der Waals surface area contributed by atoms with Gasteiger partial charge in [-0.1, -0.05) is 12.6 Å². The Morgan fingerprint density at radius 3 is 2.64 bits per heavy atom. The lowest BCUT2D eigenvalue weighted by atomic mass is 10.1. The molecule has 1 atom stereocenters. The molecule has 1 aliphatic rings. The third-order valence-electron chi connectivity index (χ3n) is 4.07. The summed E-state index contributed by atoms with van der Waals surface area (Å²) in [4.78, 5) is 14.8. The minimum atomic E-state index is -4.44. The third kappa shape index (κ3) is 3.81. The van der Waals surface area contributed by atoms with Gasteiger partial charge >= 0.3 is 6.18 Å². The third-order valence-corrected chi connectivity index (χ3v) is 4.07. The van der Waals surface area contributed by atoms with E-state index in [0.717, 1.165) is 30.0 Å². The van der Waals surface area contributed by atoms with Crippen molar-refractivity contribution in [2.75, 3.05) is 10.6 Å². The summed E-state index contributed by atoms with van der Waals surface area (Å²) >= 11 is 0. The van der Waals surface area contributed by atoms with E-state index < -0.39 is 11.9 Å². The Kier molecular flexibility index (Phi) is 4.48. The lowest BCUT2D eigenvalue weighted by molar-refractivity contribution is -0.141. The van der Waals surface area contributed by atoms with E-state index in [9.17, 15) is 18.0 Å². The molecule has 2 aromatic rings. The minimum Gasteiger partial charge on any atom is -0.377 e. The van der Waals surface area contributed by atoms with Gasteiger partial charge in [-0.2, -0.15) is 13.2 Å². The van der Waals surface area contributed by atoms with E-state index in [2.05, 4.69) is 22.2 Å². The molecule has 130 valence electrons. The number of carbonyl (C=O) groups excluding carboxylic acids is 1. The van der Waals surface area contributed by atoms with Crippen molar-refractivity contribution in [1.29, 1.82) is 0 Å². The second kappa shape index (κ2) is 6.58. The lowest BCUT2D eigenvalue weighted by Crippen LogP contribution is -2.11. The van der Waals surface area contributed by atoms with Crippen LogP contribution in [0.2, 0.25) is 0 Å². The molecule has 7 heteroatoms. The van der Waals surface area contributed by atoms with Crippen molar-refractivity contribution < 1.29 is 18.0 Å². The van der Waals surface area contributed by atoms with Crippen LogP contribution in [0.5, 0.6) is 0 Å². The van der Waals surface area contributed by atoms with Gasteiger partial charge in [0.15, 0.2) is 0 Å². The highest BCUT2D eigenvalue weighted by Crippen LogP contribution is 2.36. The second-order valence-electron chi connectivity index (χ2n) is 5.77. The lowest BCUT2D eigenvalue weighted by Gasteiger charge is -2.16. The van der Waals surface area contributed by atoms with Gasteiger partial charge in [-0.25, -0.2) is 4.98 Å². The number of aromatic nitrogens is 1. The molecule has 0 bridgehead atoms. The van der Waals surface area contributed by atoms with Crippen LogP contribution in [-0.4, -0.2) is 10.9 Å². The topological polar surface area (TPSA) is 54.0 Å². The van der Waals surface area contributed by atoms with E-state index in [0.29, 0.717) is 11.4 Å². The molecule has 1 aromatic carbocycles. The molecule has 1 unspecified atom stereocenters. The van der Waals surface area contributed by atoms with Crippen molar-refractivity contribution in [3.05, 3.63) is 66.0 Å². The first-order valence-corrected chi connectivity index (χ1v) is 7.73. The molecule has 0 saturated carbocycles. The highest BCUT2D eigenvalue weighted by molar-refractivity contribution is 5.98. The quantitative estimate of drug-likeness (QED) is 0.810. The molecule has 4 nitrogen and oxygen atoms in total. The summed E-state index contributed by atoms with van der Waals surface area (Å²) in [6, 6.07) is 7.96. The molecule has 0 radical (unpaired) electrons. The Balaban J connectivity index is 1.72. The fourth-order valence-electron chi connectivity index (χ4n) is 2.89. The van der Waals surface area contributed by atoms with Crippen LogP contribution in [0, 0.1) is 0 Å². The van der Waals surface area contributed by atoms with Crippen LogP contribution < -0.4 is 10.6 Å². The fourth-order valence-corrected chi connectivity index (χ4v) is 2.89. The van der Waals surface area contributed by atoms with Crippen LogP contribution in [0.4, 0.5) is 24.5 Å². The number of fused-ring (bicyclic) bond motifs is 1. The first-order chi connectivity index (χ1) is 11.9. The second-order valence-corrected chi connectivity index (χ2v) is 5.77. The number of amides is 1. The van der Waals surface area contributed by atoms with Gasteiger partial charge in [0.2, 0.25) is 5.91 Å². The van der Waals surface area contributed by atoms with Crippen LogP contribution in [-0.2, 0) is 17.4 Å². The number of aryl methyl sites for hydroxylation is 1. The van der Waals surface area contributed by atoms with Gasteiger partial charge in [0.05, 0.1) is 17.9 Å². The van der Waals surface area contributed by atoms with Crippen LogP contribution in [0.25, 0.3) is 0 Å². The molecule has 0 aliphatic heterocycles. The molecular weight excluding hydrogens is 331 g/mol. The number of rotatable bonds is 4. The van der Waals surface area contributed by atoms with E-state index in [1.165, 1.54) is 18.3 Å². The summed E-state index contributed by atoms with van der Waals surface area (Å²) in [7, 11) is 0. The van der Waals surface area contributed by atoms with Crippen molar-refractivity contribution in [2.24, 2.45) is 0 Å². The number of halogens is 3. The Bertz CT molecular complexity index is 800. The molecule has 1 amide bonds. The number of alkyl halides is 3. The van der Waals surface area contributed by atoms with Gasteiger partial charge in [-0.15, -0.1) is 0 Å². The molecule has 1 aliphatic carbocycles. The smallest absolute Gasteiger partial charge is 0.377 e. The number of pyridine rings is 1. The first kappa shape index (κ1) is 17.0. The standard InChI is InChI=1S/C18H16F3N3O/c1-2-17(25)24-12-4-6-14-11(9-12)3-7-15(14)23-13-5-8-16(22-10-13)18(19,20)21/h2,4-6,8-10,15,23H,1,3,7H2,(H,24,25).